The Labute approximate surface area is 108 Å². The standard InChI is InChI=1S/C12H4F6S/c13-5-1-3-7(11(17)9(5)15)19-8-4-2-6(14)10(16)12(8)18/h1-4H. The van der Waals surface area contributed by atoms with Crippen molar-refractivity contribution >= 4 is 11.8 Å². The first-order valence-electron chi connectivity index (χ1n) is 4.86. The number of hydrogen-bond donors (Lipinski definition) is 0. The molecular formula is C12H4F6S. The third-order valence-electron chi connectivity index (χ3n) is 2.22. The van der Waals surface area contributed by atoms with E-state index in [0.717, 1.165) is 12.1 Å². The highest BCUT2D eigenvalue weighted by molar-refractivity contribution is 7.99. The summed E-state index contributed by atoms with van der Waals surface area (Å²) in [6, 6.07) is 3.05. The van der Waals surface area contributed by atoms with E-state index in [1.54, 1.807) is 0 Å². The van der Waals surface area contributed by atoms with Crippen molar-refractivity contribution < 1.29 is 26.3 Å². The lowest BCUT2D eigenvalue weighted by Gasteiger charge is -2.06. The lowest BCUT2D eigenvalue weighted by atomic mass is 10.3. The molecule has 0 saturated heterocycles. The zero-order valence-electron chi connectivity index (χ0n) is 8.99. The summed E-state index contributed by atoms with van der Waals surface area (Å²) in [5, 5.41) is 0. The fourth-order valence-electron chi connectivity index (χ4n) is 1.29. The Morgan fingerprint density at radius 2 is 0.895 bits per heavy atom. The van der Waals surface area contributed by atoms with Gasteiger partial charge >= 0.3 is 0 Å². The van der Waals surface area contributed by atoms with E-state index in [1.165, 1.54) is 0 Å². The zero-order chi connectivity index (χ0) is 14.2. The van der Waals surface area contributed by atoms with Crippen molar-refractivity contribution in [1.82, 2.24) is 0 Å². The van der Waals surface area contributed by atoms with Gasteiger partial charge < -0.3 is 0 Å². The molecule has 0 amide bonds. The normalized spacial score (nSPS) is 10.8. The summed E-state index contributed by atoms with van der Waals surface area (Å²) in [6.07, 6.45) is 0. The number of benzene rings is 2. The fourth-order valence-corrected chi connectivity index (χ4v) is 2.16. The first kappa shape index (κ1) is 13.8. The van der Waals surface area contributed by atoms with Gasteiger partial charge in [-0.05, 0) is 24.3 Å². The summed E-state index contributed by atoms with van der Waals surface area (Å²) in [6.45, 7) is 0. The molecular weight excluding hydrogens is 290 g/mol. The maximum atomic E-state index is 13.3. The molecule has 0 N–H and O–H groups in total. The van der Waals surface area contributed by atoms with Gasteiger partial charge in [-0.1, -0.05) is 11.8 Å². The molecule has 0 saturated carbocycles. The lowest BCUT2D eigenvalue weighted by Crippen LogP contribution is -1.95. The fraction of sp³-hybridized carbons (Fsp3) is 0. The van der Waals surface area contributed by atoms with Crippen LogP contribution in [0, 0.1) is 34.9 Å². The molecule has 0 nitrogen and oxygen atoms in total. The first-order valence-corrected chi connectivity index (χ1v) is 5.68. The van der Waals surface area contributed by atoms with Crippen LogP contribution in [0.2, 0.25) is 0 Å². The number of rotatable bonds is 2. The molecule has 0 spiro atoms. The SMILES string of the molecule is Fc1ccc(Sc2ccc(F)c(F)c2F)c(F)c1F. The van der Waals surface area contributed by atoms with Gasteiger partial charge in [0.1, 0.15) is 0 Å². The molecule has 0 bridgehead atoms. The Balaban J connectivity index is 2.43. The van der Waals surface area contributed by atoms with Gasteiger partial charge in [0.05, 0.1) is 9.79 Å². The maximum absolute atomic E-state index is 13.3. The molecule has 100 valence electrons. The van der Waals surface area contributed by atoms with E-state index in [2.05, 4.69) is 0 Å². The van der Waals surface area contributed by atoms with Crippen LogP contribution < -0.4 is 0 Å². The van der Waals surface area contributed by atoms with Gasteiger partial charge in [-0.25, -0.2) is 26.3 Å². The molecule has 2 aromatic carbocycles. The topological polar surface area (TPSA) is 0 Å². The van der Waals surface area contributed by atoms with Crippen molar-refractivity contribution in [1.29, 1.82) is 0 Å². The summed E-state index contributed by atoms with van der Waals surface area (Å²) < 4.78 is 77.9. The minimum absolute atomic E-state index is 0.323. The summed E-state index contributed by atoms with van der Waals surface area (Å²) >= 11 is 0.323. The van der Waals surface area contributed by atoms with E-state index in [4.69, 9.17) is 0 Å². The Hall–Kier alpha value is -1.63. The average molecular weight is 294 g/mol. The molecule has 19 heavy (non-hydrogen) atoms. The molecule has 7 heteroatoms. The largest absolute Gasteiger partial charge is 0.204 e. The van der Waals surface area contributed by atoms with Crippen LogP contribution in [0.25, 0.3) is 0 Å². The summed E-state index contributed by atoms with van der Waals surface area (Å²) in [5.41, 5.74) is 0. The van der Waals surface area contributed by atoms with Crippen molar-refractivity contribution in [2.45, 2.75) is 9.79 Å². The molecule has 2 aromatic rings. The van der Waals surface area contributed by atoms with Gasteiger partial charge in [-0.2, -0.15) is 0 Å². The summed E-state index contributed by atoms with van der Waals surface area (Å²) in [7, 11) is 0. The summed E-state index contributed by atoms with van der Waals surface area (Å²) in [4.78, 5) is -0.882. The smallest absolute Gasteiger partial charge is 0.195 e. The quantitative estimate of drug-likeness (QED) is 0.573. The molecule has 0 aliphatic heterocycles. The average Bonchev–Trinajstić information content (AvgIpc) is 2.39. The van der Waals surface area contributed by atoms with Crippen molar-refractivity contribution in [3.8, 4) is 0 Å². The maximum Gasteiger partial charge on any atom is 0.195 e. The van der Waals surface area contributed by atoms with E-state index >= 15 is 0 Å². The molecule has 0 unspecified atom stereocenters. The molecule has 2 rings (SSSR count). The second-order valence-electron chi connectivity index (χ2n) is 3.45. The van der Waals surface area contributed by atoms with Crippen LogP contribution in [0.1, 0.15) is 0 Å². The molecule has 0 fully saturated rings. The van der Waals surface area contributed by atoms with Gasteiger partial charge in [0, 0.05) is 0 Å². The Kier molecular flexibility index (Phi) is 3.75. The van der Waals surface area contributed by atoms with Crippen LogP contribution in [0.15, 0.2) is 34.1 Å². The Morgan fingerprint density at radius 3 is 1.26 bits per heavy atom. The zero-order valence-corrected chi connectivity index (χ0v) is 9.80. The van der Waals surface area contributed by atoms with E-state index in [9.17, 15) is 26.3 Å². The van der Waals surface area contributed by atoms with Crippen molar-refractivity contribution in [3.63, 3.8) is 0 Å². The predicted molar refractivity (Wildman–Crippen MR) is 56.8 cm³/mol. The van der Waals surface area contributed by atoms with E-state index < -0.39 is 44.7 Å². The number of hydrogen-bond acceptors (Lipinski definition) is 1. The molecule has 0 atom stereocenters. The minimum atomic E-state index is -1.71. The third-order valence-corrected chi connectivity index (χ3v) is 3.29. The van der Waals surface area contributed by atoms with Crippen LogP contribution in [0.5, 0.6) is 0 Å². The van der Waals surface area contributed by atoms with Crippen LogP contribution in [-0.2, 0) is 0 Å². The lowest BCUT2D eigenvalue weighted by molar-refractivity contribution is 0.432. The summed E-state index contributed by atoms with van der Waals surface area (Å²) in [5.74, 6) is -9.26. The van der Waals surface area contributed by atoms with Crippen molar-refractivity contribution in [3.05, 3.63) is 59.2 Å². The van der Waals surface area contributed by atoms with Crippen molar-refractivity contribution in [2.75, 3.05) is 0 Å². The van der Waals surface area contributed by atoms with Gasteiger partial charge in [0.25, 0.3) is 0 Å². The highest BCUT2D eigenvalue weighted by Gasteiger charge is 2.18. The second-order valence-corrected chi connectivity index (χ2v) is 4.53. The second kappa shape index (κ2) is 5.16. The minimum Gasteiger partial charge on any atom is -0.204 e. The highest BCUT2D eigenvalue weighted by Crippen LogP contribution is 2.34. The number of halogens is 6. The Morgan fingerprint density at radius 1 is 0.526 bits per heavy atom. The van der Waals surface area contributed by atoms with Gasteiger partial charge in [-0.3, -0.25) is 0 Å². The third kappa shape index (κ3) is 2.56. The molecule has 0 aromatic heterocycles. The molecule has 0 heterocycles. The van der Waals surface area contributed by atoms with E-state index in [1.807, 2.05) is 0 Å². The van der Waals surface area contributed by atoms with Gasteiger partial charge in [-0.15, -0.1) is 0 Å². The van der Waals surface area contributed by atoms with Crippen LogP contribution in [0.3, 0.4) is 0 Å². The predicted octanol–water partition coefficient (Wildman–Crippen LogP) is 4.67. The molecule has 0 aliphatic rings. The molecule has 0 radical (unpaired) electrons. The Bertz CT molecular complexity index is 585. The van der Waals surface area contributed by atoms with Crippen LogP contribution in [-0.4, -0.2) is 0 Å². The van der Waals surface area contributed by atoms with E-state index in [0.29, 0.717) is 23.9 Å². The highest BCUT2D eigenvalue weighted by atomic mass is 32.2. The monoisotopic (exact) mass is 294 g/mol. The van der Waals surface area contributed by atoms with Gasteiger partial charge in [0.15, 0.2) is 34.9 Å². The van der Waals surface area contributed by atoms with Gasteiger partial charge in [0.2, 0.25) is 0 Å². The van der Waals surface area contributed by atoms with E-state index in [-0.39, 0.29) is 0 Å². The first-order chi connectivity index (χ1) is 8.91. The van der Waals surface area contributed by atoms with Crippen LogP contribution >= 0.6 is 11.8 Å². The van der Waals surface area contributed by atoms with Crippen molar-refractivity contribution in [2.24, 2.45) is 0 Å². The molecule has 0 aliphatic carbocycles. The van der Waals surface area contributed by atoms with Crippen LogP contribution in [0.4, 0.5) is 26.3 Å².